The number of aryl methyl sites for hydroxylation is 1. The molecular formula is C21H27FN4O2S. The molecule has 29 heavy (non-hydrogen) atoms. The Kier molecular flexibility index (Phi) is 5.06. The molecule has 2 aromatic rings. The summed E-state index contributed by atoms with van der Waals surface area (Å²) in [6.45, 7) is 3.41. The fourth-order valence-corrected chi connectivity index (χ4v) is 6.26. The van der Waals surface area contributed by atoms with Crippen LogP contribution in [0.1, 0.15) is 42.2 Å². The second kappa shape index (κ2) is 7.58. The van der Waals surface area contributed by atoms with Gasteiger partial charge in [-0.05, 0) is 49.4 Å². The van der Waals surface area contributed by atoms with Gasteiger partial charge in [0.2, 0.25) is 0 Å². The number of amides is 1. The van der Waals surface area contributed by atoms with Crippen molar-refractivity contribution in [3.63, 3.8) is 0 Å². The number of likely N-dealkylation sites (tertiary alicyclic amines) is 1. The number of benzene rings is 1. The number of carbonyl (C=O) groups excluding carboxylic acids is 1. The fraction of sp³-hybridized carbons (Fsp3) is 0.571. The van der Waals surface area contributed by atoms with E-state index >= 15 is 0 Å². The molecule has 6 nitrogen and oxygen atoms in total. The lowest BCUT2D eigenvalue weighted by Crippen LogP contribution is -2.53. The molecule has 0 radical (unpaired) electrons. The second-order valence-electron chi connectivity index (χ2n) is 8.42. The predicted molar refractivity (Wildman–Crippen MR) is 112 cm³/mol. The van der Waals surface area contributed by atoms with Crippen LogP contribution in [0.4, 0.5) is 4.39 Å². The zero-order chi connectivity index (χ0) is 20.1. The van der Waals surface area contributed by atoms with Gasteiger partial charge in [-0.1, -0.05) is 6.92 Å². The van der Waals surface area contributed by atoms with Crippen LogP contribution in [0.3, 0.4) is 0 Å². The van der Waals surface area contributed by atoms with E-state index in [0.29, 0.717) is 41.6 Å². The molecule has 2 aliphatic heterocycles. The van der Waals surface area contributed by atoms with E-state index in [4.69, 9.17) is 0 Å². The van der Waals surface area contributed by atoms with Crippen molar-refractivity contribution in [2.24, 2.45) is 0 Å². The summed E-state index contributed by atoms with van der Waals surface area (Å²) in [6.07, 6.45) is 3.12. The molecule has 4 N–H and O–H groups in total. The van der Waals surface area contributed by atoms with Crippen molar-refractivity contribution in [1.29, 1.82) is 0 Å². The number of thioether (sulfide) groups is 1. The number of hydrogen-bond acceptors (Lipinski definition) is 5. The van der Waals surface area contributed by atoms with Crippen molar-refractivity contribution in [2.45, 2.75) is 61.5 Å². The molecule has 3 heterocycles. The Labute approximate surface area is 173 Å². The summed E-state index contributed by atoms with van der Waals surface area (Å²) >= 11 is 1.85. The molecule has 0 bridgehead atoms. The third kappa shape index (κ3) is 3.67. The summed E-state index contributed by atoms with van der Waals surface area (Å²) in [7, 11) is 0. The molecule has 1 saturated carbocycles. The first-order valence-electron chi connectivity index (χ1n) is 10.5. The van der Waals surface area contributed by atoms with Crippen molar-refractivity contribution in [3.05, 3.63) is 35.3 Å². The number of aromatic nitrogens is 1. The standard InChI is InChI=1S/C21H27FN4O2S/c1-2-11-5-12(22)6-17-15(11)9-18(24-17)20(28)26-4-3-16-19(10-26)29-21(25-16)23-13-7-14(27)8-13/h5-6,9,13-14,16,19,21,23-25,27H,2-4,7-8,10H2,1H3. The van der Waals surface area contributed by atoms with Crippen LogP contribution in [0.2, 0.25) is 0 Å². The highest BCUT2D eigenvalue weighted by atomic mass is 32.2. The molecule has 2 saturated heterocycles. The van der Waals surface area contributed by atoms with Gasteiger partial charge in [-0.15, -0.1) is 11.8 Å². The van der Waals surface area contributed by atoms with Crippen molar-refractivity contribution < 1.29 is 14.3 Å². The summed E-state index contributed by atoms with van der Waals surface area (Å²) in [6, 6.07) is 5.66. The van der Waals surface area contributed by atoms with Gasteiger partial charge >= 0.3 is 0 Å². The van der Waals surface area contributed by atoms with E-state index in [1.54, 1.807) is 6.07 Å². The lowest BCUT2D eigenvalue weighted by molar-refractivity contribution is 0.0598. The number of piperidine rings is 1. The molecule has 5 rings (SSSR count). The SMILES string of the molecule is CCc1cc(F)cc2[nH]c(C(=O)N3CCC4NC(NC5CC(O)C5)SC4C3)cc12. The Balaban J connectivity index is 1.26. The van der Waals surface area contributed by atoms with Gasteiger partial charge in [0.25, 0.3) is 5.91 Å². The van der Waals surface area contributed by atoms with Gasteiger partial charge < -0.3 is 15.0 Å². The van der Waals surface area contributed by atoms with Crippen LogP contribution in [-0.4, -0.2) is 62.9 Å². The number of aliphatic hydroxyl groups excluding tert-OH is 1. The number of H-pyrrole nitrogens is 1. The third-order valence-electron chi connectivity index (χ3n) is 6.42. The maximum atomic E-state index is 13.8. The molecule has 3 unspecified atom stereocenters. The van der Waals surface area contributed by atoms with E-state index < -0.39 is 0 Å². The number of halogens is 1. The van der Waals surface area contributed by atoms with Gasteiger partial charge in [-0.2, -0.15) is 0 Å². The molecular weight excluding hydrogens is 391 g/mol. The quantitative estimate of drug-likeness (QED) is 0.612. The van der Waals surface area contributed by atoms with Gasteiger partial charge in [0.1, 0.15) is 17.0 Å². The molecule has 0 spiro atoms. The van der Waals surface area contributed by atoms with Gasteiger partial charge in [0.05, 0.1) is 6.10 Å². The van der Waals surface area contributed by atoms with Crippen LogP contribution < -0.4 is 10.6 Å². The third-order valence-corrected chi connectivity index (χ3v) is 7.79. The fourth-order valence-electron chi connectivity index (χ4n) is 4.72. The Bertz CT molecular complexity index is 929. The normalized spacial score (nSPS) is 31.7. The minimum absolute atomic E-state index is 0.0127. The van der Waals surface area contributed by atoms with Crippen LogP contribution in [0.5, 0.6) is 0 Å². The van der Waals surface area contributed by atoms with E-state index in [0.717, 1.165) is 36.6 Å². The van der Waals surface area contributed by atoms with Gasteiger partial charge in [0, 0.05) is 41.3 Å². The summed E-state index contributed by atoms with van der Waals surface area (Å²) in [5, 5.41) is 17.9. The Hall–Kier alpha value is -1.61. The van der Waals surface area contributed by atoms with E-state index in [1.807, 2.05) is 29.7 Å². The lowest BCUT2D eigenvalue weighted by atomic mass is 9.90. The monoisotopic (exact) mass is 418 g/mol. The van der Waals surface area contributed by atoms with Crippen molar-refractivity contribution >= 4 is 28.6 Å². The summed E-state index contributed by atoms with van der Waals surface area (Å²) in [4.78, 5) is 18.2. The van der Waals surface area contributed by atoms with E-state index in [-0.39, 0.29) is 23.3 Å². The summed E-state index contributed by atoms with van der Waals surface area (Å²) < 4.78 is 13.8. The van der Waals surface area contributed by atoms with Crippen LogP contribution in [-0.2, 0) is 6.42 Å². The number of aromatic amines is 1. The first-order chi connectivity index (χ1) is 14.0. The highest BCUT2D eigenvalue weighted by molar-refractivity contribution is 8.00. The second-order valence-corrected chi connectivity index (χ2v) is 9.77. The zero-order valence-corrected chi connectivity index (χ0v) is 17.3. The molecule has 1 amide bonds. The van der Waals surface area contributed by atoms with Crippen molar-refractivity contribution in [1.82, 2.24) is 20.5 Å². The number of rotatable bonds is 4. The largest absolute Gasteiger partial charge is 0.393 e. The number of nitrogens with one attached hydrogen (secondary N) is 3. The highest BCUT2D eigenvalue weighted by Gasteiger charge is 2.41. The molecule has 156 valence electrons. The molecule has 3 aliphatic rings. The Morgan fingerprint density at radius 3 is 2.97 bits per heavy atom. The summed E-state index contributed by atoms with van der Waals surface area (Å²) in [5.41, 5.74) is 2.32. The lowest BCUT2D eigenvalue weighted by Gasteiger charge is -2.34. The van der Waals surface area contributed by atoms with Gasteiger partial charge in [-0.25, -0.2) is 4.39 Å². The van der Waals surface area contributed by atoms with Crippen LogP contribution >= 0.6 is 11.8 Å². The van der Waals surface area contributed by atoms with Gasteiger partial charge in [-0.3, -0.25) is 15.4 Å². The molecule has 3 atom stereocenters. The topological polar surface area (TPSA) is 80.4 Å². The predicted octanol–water partition coefficient (Wildman–Crippen LogP) is 2.19. The van der Waals surface area contributed by atoms with Crippen LogP contribution in [0.25, 0.3) is 10.9 Å². The molecule has 1 aliphatic carbocycles. The zero-order valence-electron chi connectivity index (χ0n) is 16.5. The molecule has 1 aromatic carbocycles. The van der Waals surface area contributed by atoms with Crippen molar-refractivity contribution in [2.75, 3.05) is 13.1 Å². The molecule has 8 heteroatoms. The number of fused-ring (bicyclic) bond motifs is 2. The minimum Gasteiger partial charge on any atom is -0.393 e. The average molecular weight is 419 g/mol. The Morgan fingerprint density at radius 1 is 1.38 bits per heavy atom. The molecule has 1 aromatic heterocycles. The first-order valence-corrected chi connectivity index (χ1v) is 11.4. The van der Waals surface area contributed by atoms with Crippen LogP contribution in [0, 0.1) is 5.82 Å². The number of aliphatic hydroxyl groups is 1. The van der Waals surface area contributed by atoms with E-state index in [1.165, 1.54) is 6.07 Å². The van der Waals surface area contributed by atoms with Crippen molar-refractivity contribution in [3.8, 4) is 0 Å². The molecule has 3 fully saturated rings. The first kappa shape index (κ1) is 19.4. The summed E-state index contributed by atoms with van der Waals surface area (Å²) in [5.74, 6) is -0.289. The minimum atomic E-state index is -0.276. The van der Waals surface area contributed by atoms with E-state index in [2.05, 4.69) is 15.6 Å². The number of nitrogens with zero attached hydrogens (tertiary/aromatic N) is 1. The highest BCUT2D eigenvalue weighted by Crippen LogP contribution is 2.34. The van der Waals surface area contributed by atoms with Crippen LogP contribution in [0.15, 0.2) is 18.2 Å². The number of hydrogen-bond donors (Lipinski definition) is 4. The number of carbonyl (C=O) groups is 1. The Morgan fingerprint density at radius 2 is 2.21 bits per heavy atom. The maximum absolute atomic E-state index is 13.8. The smallest absolute Gasteiger partial charge is 0.270 e. The average Bonchev–Trinajstić information content (AvgIpc) is 3.28. The van der Waals surface area contributed by atoms with Gasteiger partial charge in [0.15, 0.2) is 0 Å². The maximum Gasteiger partial charge on any atom is 0.270 e. The van der Waals surface area contributed by atoms with E-state index in [9.17, 15) is 14.3 Å².